The number of methoxy groups -OCH3 is 1. The van der Waals surface area contributed by atoms with Gasteiger partial charge in [-0.3, -0.25) is 9.20 Å². The molecule has 0 fully saturated rings. The number of carbonyl (C=O) groups excluding carboxylic acids is 1. The summed E-state index contributed by atoms with van der Waals surface area (Å²) in [7, 11) is 1.36. The van der Waals surface area contributed by atoms with Gasteiger partial charge in [-0.05, 0) is 24.6 Å². The Kier molecular flexibility index (Phi) is 5.16. The van der Waals surface area contributed by atoms with Crippen LogP contribution in [0.5, 0.6) is 0 Å². The number of nitrogens with zero attached hydrogens (tertiary/aromatic N) is 3. The zero-order valence-corrected chi connectivity index (χ0v) is 16.6. The summed E-state index contributed by atoms with van der Waals surface area (Å²) in [6, 6.07) is 15.7. The van der Waals surface area contributed by atoms with Crippen LogP contribution in [0.25, 0.3) is 5.65 Å². The van der Waals surface area contributed by atoms with Crippen LogP contribution in [0, 0.1) is 6.92 Å². The van der Waals surface area contributed by atoms with Crippen LogP contribution in [0.1, 0.15) is 22.5 Å². The first kappa shape index (κ1) is 18.9. The molecule has 6 nitrogen and oxygen atoms in total. The van der Waals surface area contributed by atoms with E-state index < -0.39 is 5.97 Å². The van der Waals surface area contributed by atoms with Gasteiger partial charge >= 0.3 is 5.97 Å². The summed E-state index contributed by atoms with van der Waals surface area (Å²) in [5, 5.41) is 0. The van der Waals surface area contributed by atoms with Crippen molar-refractivity contribution in [3.8, 4) is 0 Å². The number of rotatable bonds is 3. The quantitative estimate of drug-likeness (QED) is 0.645. The highest BCUT2D eigenvalue weighted by Crippen LogP contribution is 2.19. The molecule has 0 spiro atoms. The van der Waals surface area contributed by atoms with Gasteiger partial charge in [0.15, 0.2) is 0 Å². The van der Waals surface area contributed by atoms with Gasteiger partial charge in [0, 0.05) is 43.4 Å². The van der Waals surface area contributed by atoms with Crippen LogP contribution in [-0.4, -0.2) is 33.9 Å². The highest BCUT2D eigenvalue weighted by Gasteiger charge is 2.22. The molecule has 0 saturated carbocycles. The third-order valence-corrected chi connectivity index (χ3v) is 5.24. The Morgan fingerprint density at radius 3 is 2.69 bits per heavy atom. The molecule has 29 heavy (non-hydrogen) atoms. The lowest BCUT2D eigenvalue weighted by Gasteiger charge is -2.25. The van der Waals surface area contributed by atoms with Crippen molar-refractivity contribution in [3.63, 3.8) is 0 Å². The first-order valence-corrected chi connectivity index (χ1v) is 9.64. The molecular formula is C23H23N3O3. The van der Waals surface area contributed by atoms with Gasteiger partial charge in [-0.1, -0.05) is 36.4 Å². The molecule has 0 aliphatic carbocycles. The third-order valence-electron chi connectivity index (χ3n) is 5.24. The van der Waals surface area contributed by atoms with E-state index in [4.69, 9.17) is 9.72 Å². The molecule has 1 aliphatic heterocycles. The van der Waals surface area contributed by atoms with Crippen LogP contribution in [0.2, 0.25) is 0 Å². The van der Waals surface area contributed by atoms with E-state index in [1.807, 2.05) is 49.5 Å². The van der Waals surface area contributed by atoms with Crippen molar-refractivity contribution < 1.29 is 9.53 Å². The van der Waals surface area contributed by atoms with E-state index in [1.165, 1.54) is 7.11 Å². The first-order valence-electron chi connectivity index (χ1n) is 9.64. The Hall–Kier alpha value is -3.41. The Morgan fingerprint density at radius 1 is 1.14 bits per heavy atom. The minimum absolute atomic E-state index is 0.116. The Balaban J connectivity index is 1.79. The van der Waals surface area contributed by atoms with Crippen LogP contribution >= 0.6 is 0 Å². The van der Waals surface area contributed by atoms with Gasteiger partial charge in [0.25, 0.3) is 5.56 Å². The van der Waals surface area contributed by atoms with Gasteiger partial charge in [-0.15, -0.1) is 0 Å². The van der Waals surface area contributed by atoms with Gasteiger partial charge in [-0.2, -0.15) is 0 Å². The number of pyridine rings is 1. The molecule has 2 aromatic heterocycles. The van der Waals surface area contributed by atoms with Gasteiger partial charge in [-0.25, -0.2) is 9.78 Å². The van der Waals surface area contributed by atoms with Crippen LogP contribution in [0.3, 0.4) is 0 Å². The predicted octanol–water partition coefficient (Wildman–Crippen LogP) is 2.66. The molecule has 0 atom stereocenters. The zero-order chi connectivity index (χ0) is 20.4. The highest BCUT2D eigenvalue weighted by atomic mass is 16.5. The first-order chi connectivity index (χ1) is 14.1. The van der Waals surface area contributed by atoms with E-state index in [-0.39, 0.29) is 12.0 Å². The lowest BCUT2D eigenvalue weighted by atomic mass is 10.0. The number of benzene rings is 1. The predicted molar refractivity (Wildman–Crippen MR) is 111 cm³/mol. The molecule has 0 saturated heterocycles. The highest BCUT2D eigenvalue weighted by molar-refractivity contribution is 5.88. The summed E-state index contributed by atoms with van der Waals surface area (Å²) in [4.78, 5) is 32.5. The van der Waals surface area contributed by atoms with E-state index in [2.05, 4.69) is 17.0 Å². The number of carbonyl (C=O) groups is 1. The molecule has 3 heterocycles. The lowest BCUT2D eigenvalue weighted by Crippen LogP contribution is -2.31. The van der Waals surface area contributed by atoms with Gasteiger partial charge in [0.05, 0.1) is 18.4 Å². The molecule has 0 amide bonds. The maximum Gasteiger partial charge on any atom is 0.335 e. The lowest BCUT2D eigenvalue weighted by molar-refractivity contribution is -0.136. The summed E-state index contributed by atoms with van der Waals surface area (Å²) in [6.07, 6.45) is 2.66. The van der Waals surface area contributed by atoms with Gasteiger partial charge in [0.2, 0.25) is 0 Å². The van der Waals surface area contributed by atoms with Crippen LogP contribution < -0.4 is 5.56 Å². The molecule has 0 radical (unpaired) electrons. The maximum atomic E-state index is 13.2. The molecule has 4 rings (SSSR count). The summed E-state index contributed by atoms with van der Waals surface area (Å²) in [5.41, 5.74) is 4.25. The molecular weight excluding hydrogens is 366 g/mol. The fourth-order valence-electron chi connectivity index (χ4n) is 3.77. The fourth-order valence-corrected chi connectivity index (χ4v) is 3.77. The second kappa shape index (κ2) is 7.91. The number of hydrogen-bond acceptors (Lipinski definition) is 5. The van der Waals surface area contributed by atoms with Gasteiger partial charge < -0.3 is 9.64 Å². The normalized spacial score (nSPS) is 15.8. The number of aryl methyl sites for hydroxylation is 1. The summed E-state index contributed by atoms with van der Waals surface area (Å²) in [6.45, 7) is 3.20. The second-order valence-electron chi connectivity index (χ2n) is 7.23. The monoisotopic (exact) mass is 389 g/mol. The average molecular weight is 389 g/mol. The summed E-state index contributed by atoms with van der Waals surface area (Å²) < 4.78 is 6.60. The number of ether oxygens (including phenoxy) is 1. The largest absolute Gasteiger partial charge is 0.466 e. The smallest absolute Gasteiger partial charge is 0.335 e. The fraction of sp³-hybridized carbons (Fsp3) is 0.261. The Labute approximate surface area is 169 Å². The van der Waals surface area contributed by atoms with Crippen molar-refractivity contribution in [1.82, 2.24) is 14.3 Å². The Morgan fingerprint density at radius 2 is 1.93 bits per heavy atom. The molecule has 0 N–H and O–H groups in total. The van der Waals surface area contributed by atoms with Crippen molar-refractivity contribution >= 4 is 11.6 Å². The SMILES string of the molecule is COC(=O)/C1=C/N(Cc2ccccc2)CCc2nc3cccc(C)n3c(=O)c2C1. The van der Waals surface area contributed by atoms with Crippen LogP contribution in [0.4, 0.5) is 0 Å². The van der Waals surface area contributed by atoms with Crippen molar-refractivity contribution in [3.05, 3.63) is 93.2 Å². The van der Waals surface area contributed by atoms with Crippen molar-refractivity contribution in [1.29, 1.82) is 0 Å². The van der Waals surface area contributed by atoms with Crippen molar-refractivity contribution in [2.75, 3.05) is 13.7 Å². The molecule has 148 valence electrons. The van der Waals surface area contributed by atoms with E-state index in [9.17, 15) is 9.59 Å². The number of esters is 1. The van der Waals surface area contributed by atoms with E-state index >= 15 is 0 Å². The zero-order valence-electron chi connectivity index (χ0n) is 16.6. The maximum absolute atomic E-state index is 13.2. The molecule has 3 aromatic rings. The minimum Gasteiger partial charge on any atom is -0.466 e. The van der Waals surface area contributed by atoms with E-state index in [0.717, 1.165) is 17.0 Å². The minimum atomic E-state index is -0.426. The van der Waals surface area contributed by atoms with Crippen LogP contribution in [0.15, 0.2) is 65.1 Å². The van der Waals surface area contributed by atoms with E-state index in [1.54, 1.807) is 4.40 Å². The molecule has 0 unspecified atom stereocenters. The standard InChI is InChI=1S/C23H23N3O3/c1-16-7-6-10-21-24-20-11-12-25(14-17-8-4-3-5-9-17)15-18(23(28)29-2)13-19(20)22(27)26(16)21/h3-10,15H,11-14H2,1-2H3/b18-15+. The Bertz CT molecular complexity index is 1150. The molecule has 1 aliphatic rings. The summed E-state index contributed by atoms with van der Waals surface area (Å²) >= 11 is 0. The average Bonchev–Trinajstić information content (AvgIpc) is 2.71. The van der Waals surface area contributed by atoms with E-state index in [0.29, 0.717) is 36.3 Å². The van der Waals surface area contributed by atoms with Crippen LogP contribution in [-0.2, 0) is 28.9 Å². The molecule has 0 bridgehead atoms. The summed E-state index contributed by atoms with van der Waals surface area (Å²) in [5.74, 6) is -0.426. The number of hydrogen-bond donors (Lipinski definition) is 0. The van der Waals surface area contributed by atoms with Crippen molar-refractivity contribution in [2.24, 2.45) is 0 Å². The third kappa shape index (κ3) is 3.78. The number of aromatic nitrogens is 2. The molecule has 1 aromatic carbocycles. The topological polar surface area (TPSA) is 63.9 Å². The van der Waals surface area contributed by atoms with Gasteiger partial charge in [0.1, 0.15) is 5.65 Å². The number of fused-ring (bicyclic) bond motifs is 2. The molecule has 6 heteroatoms. The van der Waals surface area contributed by atoms with Crippen molar-refractivity contribution in [2.45, 2.75) is 26.3 Å². The second-order valence-corrected chi connectivity index (χ2v) is 7.23.